The van der Waals surface area contributed by atoms with Crippen LogP contribution in [-0.4, -0.2) is 18.3 Å². The zero-order valence-electron chi connectivity index (χ0n) is 8.02. The number of ether oxygens (including phenoxy) is 1. The van der Waals surface area contributed by atoms with Crippen molar-refractivity contribution in [1.82, 2.24) is 0 Å². The van der Waals surface area contributed by atoms with Crippen LogP contribution in [0.1, 0.15) is 11.6 Å². The van der Waals surface area contributed by atoms with Crippen molar-refractivity contribution in [3.05, 3.63) is 42.5 Å². The molecule has 0 unspecified atom stereocenters. The molecule has 1 aromatic carbocycles. The number of aliphatic hydroxyl groups is 1. The molecule has 0 heterocycles. The lowest BCUT2D eigenvalue weighted by Gasteiger charge is -2.13. The Labute approximate surface area is 83.8 Å². The first kappa shape index (κ1) is 10.8. The van der Waals surface area contributed by atoms with E-state index in [9.17, 15) is 0 Å². The fourth-order valence-corrected chi connectivity index (χ4v) is 1.17. The van der Waals surface area contributed by atoms with Crippen LogP contribution in [0.5, 0.6) is 5.75 Å². The lowest BCUT2D eigenvalue weighted by Crippen LogP contribution is -2.15. The number of benzene rings is 1. The summed E-state index contributed by atoms with van der Waals surface area (Å²) >= 11 is 0. The molecule has 14 heavy (non-hydrogen) atoms. The van der Waals surface area contributed by atoms with Crippen LogP contribution in [-0.2, 0) is 0 Å². The van der Waals surface area contributed by atoms with Gasteiger partial charge in [-0.3, -0.25) is 0 Å². The van der Waals surface area contributed by atoms with E-state index in [1.54, 1.807) is 6.08 Å². The zero-order chi connectivity index (χ0) is 10.4. The second kappa shape index (κ2) is 5.42. The molecule has 0 radical (unpaired) electrons. The fourth-order valence-electron chi connectivity index (χ4n) is 1.17. The average Bonchev–Trinajstić information content (AvgIpc) is 2.25. The Balaban J connectivity index is 2.84. The summed E-state index contributed by atoms with van der Waals surface area (Å²) in [6.45, 7) is 3.92. The maximum Gasteiger partial charge on any atom is 0.124 e. The minimum atomic E-state index is -0.393. The molecule has 0 aliphatic carbocycles. The molecule has 3 nitrogen and oxygen atoms in total. The summed E-state index contributed by atoms with van der Waals surface area (Å²) in [5.41, 5.74) is 6.53. The largest absolute Gasteiger partial charge is 0.489 e. The van der Waals surface area contributed by atoms with Crippen molar-refractivity contribution in [3.63, 3.8) is 0 Å². The van der Waals surface area contributed by atoms with Gasteiger partial charge >= 0.3 is 0 Å². The van der Waals surface area contributed by atoms with E-state index in [4.69, 9.17) is 15.6 Å². The highest BCUT2D eigenvalue weighted by Gasteiger charge is 2.09. The Kier molecular flexibility index (Phi) is 4.16. The van der Waals surface area contributed by atoms with Crippen LogP contribution in [0.3, 0.4) is 0 Å². The third-order valence-corrected chi connectivity index (χ3v) is 1.87. The van der Waals surface area contributed by atoms with Crippen LogP contribution in [0.15, 0.2) is 36.9 Å². The molecule has 3 heteroatoms. The average molecular weight is 193 g/mol. The third kappa shape index (κ3) is 2.58. The second-order valence-electron chi connectivity index (χ2n) is 2.93. The topological polar surface area (TPSA) is 55.5 Å². The van der Waals surface area contributed by atoms with Crippen molar-refractivity contribution in [2.75, 3.05) is 13.2 Å². The molecule has 0 aromatic heterocycles. The molecule has 0 spiro atoms. The molecule has 1 atom stereocenters. The van der Waals surface area contributed by atoms with Gasteiger partial charge in [0.1, 0.15) is 12.4 Å². The van der Waals surface area contributed by atoms with Crippen molar-refractivity contribution in [1.29, 1.82) is 0 Å². The quantitative estimate of drug-likeness (QED) is 0.692. The van der Waals surface area contributed by atoms with E-state index in [2.05, 4.69) is 6.58 Å². The van der Waals surface area contributed by atoms with E-state index in [1.807, 2.05) is 24.3 Å². The predicted octanol–water partition coefficient (Wildman–Crippen LogP) is 1.24. The van der Waals surface area contributed by atoms with E-state index in [0.717, 1.165) is 5.56 Å². The Hall–Kier alpha value is -1.32. The summed E-state index contributed by atoms with van der Waals surface area (Å²) in [5, 5.41) is 8.94. The van der Waals surface area contributed by atoms with Gasteiger partial charge in [-0.2, -0.15) is 0 Å². The minimum Gasteiger partial charge on any atom is -0.489 e. The van der Waals surface area contributed by atoms with Crippen LogP contribution in [0.2, 0.25) is 0 Å². The van der Waals surface area contributed by atoms with Crippen LogP contribution in [0, 0.1) is 0 Å². The van der Waals surface area contributed by atoms with E-state index < -0.39 is 6.04 Å². The van der Waals surface area contributed by atoms with Gasteiger partial charge in [0.25, 0.3) is 0 Å². The van der Waals surface area contributed by atoms with Crippen molar-refractivity contribution >= 4 is 0 Å². The minimum absolute atomic E-state index is 0.0888. The van der Waals surface area contributed by atoms with Crippen molar-refractivity contribution in [2.24, 2.45) is 5.73 Å². The molecule has 1 rings (SSSR count). The van der Waals surface area contributed by atoms with Crippen molar-refractivity contribution in [2.45, 2.75) is 6.04 Å². The first-order valence-electron chi connectivity index (χ1n) is 4.48. The molecule has 76 valence electrons. The number of para-hydroxylation sites is 1. The molecule has 0 amide bonds. The Bertz CT molecular complexity index is 299. The SMILES string of the molecule is C=CCOc1ccccc1[C@@H](N)CO. The van der Waals surface area contributed by atoms with Crippen molar-refractivity contribution < 1.29 is 9.84 Å². The monoisotopic (exact) mass is 193 g/mol. The predicted molar refractivity (Wildman–Crippen MR) is 56.1 cm³/mol. The van der Waals surface area contributed by atoms with Gasteiger partial charge in [0.15, 0.2) is 0 Å². The molecule has 0 aliphatic heterocycles. The van der Waals surface area contributed by atoms with Gasteiger partial charge in [0, 0.05) is 5.56 Å². The molecular weight excluding hydrogens is 178 g/mol. The summed E-state index contributed by atoms with van der Waals surface area (Å²) in [7, 11) is 0. The van der Waals surface area contributed by atoms with Gasteiger partial charge in [-0.25, -0.2) is 0 Å². The molecular formula is C11H15NO2. The fraction of sp³-hybridized carbons (Fsp3) is 0.273. The lowest BCUT2D eigenvalue weighted by molar-refractivity contribution is 0.263. The summed E-state index contributed by atoms with van der Waals surface area (Å²) in [6.07, 6.45) is 1.67. The number of aliphatic hydroxyl groups excluding tert-OH is 1. The maximum atomic E-state index is 8.94. The van der Waals surface area contributed by atoms with E-state index in [-0.39, 0.29) is 6.61 Å². The first-order valence-corrected chi connectivity index (χ1v) is 4.48. The van der Waals surface area contributed by atoms with Crippen LogP contribution in [0.25, 0.3) is 0 Å². The molecule has 0 saturated heterocycles. The highest BCUT2D eigenvalue weighted by atomic mass is 16.5. The summed E-state index contributed by atoms with van der Waals surface area (Å²) in [4.78, 5) is 0. The molecule has 3 N–H and O–H groups in total. The third-order valence-electron chi connectivity index (χ3n) is 1.87. The molecule has 0 bridgehead atoms. The summed E-state index contributed by atoms with van der Waals surface area (Å²) < 4.78 is 5.40. The lowest BCUT2D eigenvalue weighted by atomic mass is 10.1. The zero-order valence-corrected chi connectivity index (χ0v) is 8.02. The normalized spacial score (nSPS) is 12.1. The van der Waals surface area contributed by atoms with Crippen LogP contribution < -0.4 is 10.5 Å². The number of rotatable bonds is 5. The van der Waals surface area contributed by atoms with Crippen LogP contribution >= 0.6 is 0 Å². The van der Waals surface area contributed by atoms with Gasteiger partial charge in [-0.05, 0) is 6.07 Å². The van der Waals surface area contributed by atoms with Gasteiger partial charge in [0.05, 0.1) is 12.6 Å². The number of hydrogen-bond donors (Lipinski definition) is 2. The van der Waals surface area contributed by atoms with Crippen molar-refractivity contribution in [3.8, 4) is 5.75 Å². The van der Waals surface area contributed by atoms with E-state index >= 15 is 0 Å². The molecule has 0 aliphatic rings. The van der Waals surface area contributed by atoms with E-state index in [1.165, 1.54) is 0 Å². The second-order valence-corrected chi connectivity index (χ2v) is 2.93. The first-order chi connectivity index (χ1) is 6.79. The molecule has 0 saturated carbocycles. The number of hydrogen-bond acceptors (Lipinski definition) is 3. The van der Waals surface area contributed by atoms with Gasteiger partial charge in [0.2, 0.25) is 0 Å². The van der Waals surface area contributed by atoms with E-state index in [0.29, 0.717) is 12.4 Å². The Morgan fingerprint density at radius 3 is 2.86 bits per heavy atom. The standard InChI is InChI=1S/C11H15NO2/c1-2-7-14-11-6-4-3-5-9(11)10(12)8-13/h2-6,10,13H,1,7-8,12H2/t10-/m0/s1. The maximum absolute atomic E-state index is 8.94. The van der Waals surface area contributed by atoms with Gasteiger partial charge < -0.3 is 15.6 Å². The highest BCUT2D eigenvalue weighted by molar-refractivity contribution is 5.35. The van der Waals surface area contributed by atoms with Gasteiger partial charge in [-0.1, -0.05) is 30.9 Å². The van der Waals surface area contributed by atoms with Gasteiger partial charge in [-0.15, -0.1) is 0 Å². The number of nitrogens with two attached hydrogens (primary N) is 1. The highest BCUT2D eigenvalue weighted by Crippen LogP contribution is 2.23. The summed E-state index contributed by atoms with van der Waals surface area (Å²) in [6, 6.07) is 7.02. The molecule has 0 fully saturated rings. The smallest absolute Gasteiger partial charge is 0.124 e. The summed E-state index contributed by atoms with van der Waals surface area (Å²) in [5.74, 6) is 0.703. The Morgan fingerprint density at radius 1 is 1.50 bits per heavy atom. The molecule has 1 aromatic rings. The Morgan fingerprint density at radius 2 is 2.21 bits per heavy atom. The van der Waals surface area contributed by atoms with Crippen LogP contribution in [0.4, 0.5) is 0 Å².